The minimum atomic E-state index is -0.826. The van der Waals surface area contributed by atoms with E-state index in [2.05, 4.69) is 32.9 Å². The fraction of sp³-hybridized carbons (Fsp3) is 0.636. The van der Waals surface area contributed by atoms with Crippen molar-refractivity contribution in [3.63, 3.8) is 0 Å². The van der Waals surface area contributed by atoms with Crippen molar-refractivity contribution in [1.82, 2.24) is 0 Å². The minimum absolute atomic E-state index is 0.696. The molecule has 0 N–H and O–H groups in total. The summed E-state index contributed by atoms with van der Waals surface area (Å²) in [5.74, 6) is 0.696. The third kappa shape index (κ3) is 6.43. The Kier molecular flexibility index (Phi) is 9.81. The summed E-state index contributed by atoms with van der Waals surface area (Å²) < 4.78 is 0. The molecule has 1 unspecified atom stereocenters. The van der Waals surface area contributed by atoms with E-state index in [0.29, 0.717) is 5.92 Å². The van der Waals surface area contributed by atoms with Crippen LogP contribution in [0, 0.1) is 5.92 Å². The molecule has 0 radical (unpaired) electrons. The molecular formula is C11H18Cl2Zr. The molecule has 0 heterocycles. The van der Waals surface area contributed by atoms with Gasteiger partial charge in [-0.3, -0.25) is 0 Å². The molecule has 0 bridgehead atoms. The van der Waals surface area contributed by atoms with Crippen molar-refractivity contribution < 1.29 is 20.8 Å². The van der Waals surface area contributed by atoms with Crippen molar-refractivity contribution in [3.05, 3.63) is 23.3 Å². The molecule has 0 saturated heterocycles. The van der Waals surface area contributed by atoms with Gasteiger partial charge in [-0.2, -0.15) is 0 Å². The summed E-state index contributed by atoms with van der Waals surface area (Å²) in [4.78, 5) is 0. The Labute approximate surface area is 106 Å². The zero-order valence-corrected chi connectivity index (χ0v) is 13.1. The maximum absolute atomic E-state index is 4.93. The van der Waals surface area contributed by atoms with Gasteiger partial charge in [-0.25, -0.2) is 0 Å². The predicted molar refractivity (Wildman–Crippen MR) is 62.2 cm³/mol. The number of hydrogen-bond donors (Lipinski definition) is 0. The Morgan fingerprint density at radius 2 is 2.00 bits per heavy atom. The fourth-order valence-corrected chi connectivity index (χ4v) is 1.46. The summed E-state index contributed by atoms with van der Waals surface area (Å²) in [6, 6.07) is 0. The maximum atomic E-state index is 4.93. The van der Waals surface area contributed by atoms with E-state index in [1.807, 2.05) is 0 Å². The summed E-state index contributed by atoms with van der Waals surface area (Å²) in [6.07, 6.45) is 8.66. The van der Waals surface area contributed by atoms with E-state index in [9.17, 15) is 0 Å². The van der Waals surface area contributed by atoms with Crippen LogP contribution >= 0.6 is 17.0 Å². The standard InChI is InChI=1S/C11H18.2ClH.Zr/c1-4-5-6-11-7-9(2)10(3)8-11;;;/h7-9H,4-6H2,1-3H3;2*1H;/q;;;+2/p-2. The summed E-state index contributed by atoms with van der Waals surface area (Å²) in [5, 5.41) is 0. The molecule has 1 atom stereocenters. The SMILES string of the molecule is CCCCC1=CC(C)C(C)=C1.[Cl][Zr][Cl]. The summed E-state index contributed by atoms with van der Waals surface area (Å²) in [5.41, 5.74) is 3.08. The zero-order chi connectivity index (χ0) is 11.0. The third-order valence-corrected chi connectivity index (χ3v) is 2.41. The average molecular weight is 312 g/mol. The van der Waals surface area contributed by atoms with Crippen LogP contribution in [0.5, 0.6) is 0 Å². The van der Waals surface area contributed by atoms with Crippen molar-refractivity contribution in [2.24, 2.45) is 5.92 Å². The molecular weight excluding hydrogens is 294 g/mol. The van der Waals surface area contributed by atoms with Gasteiger partial charge in [0.1, 0.15) is 0 Å². The number of halogens is 2. The molecule has 1 rings (SSSR count). The molecule has 0 aromatic heterocycles. The molecule has 1 aliphatic rings. The van der Waals surface area contributed by atoms with Crippen molar-refractivity contribution >= 4 is 17.0 Å². The second-order valence-corrected chi connectivity index (χ2v) is 7.33. The molecule has 3 heteroatoms. The quantitative estimate of drug-likeness (QED) is 0.682. The van der Waals surface area contributed by atoms with E-state index in [4.69, 9.17) is 17.0 Å². The first kappa shape index (κ1) is 14.9. The van der Waals surface area contributed by atoms with Crippen LogP contribution in [-0.4, -0.2) is 0 Å². The third-order valence-electron chi connectivity index (χ3n) is 2.41. The Balaban J connectivity index is 0.000000500. The van der Waals surface area contributed by atoms with Crippen LogP contribution in [0.3, 0.4) is 0 Å². The predicted octanol–water partition coefficient (Wildman–Crippen LogP) is 5.08. The molecule has 80 valence electrons. The van der Waals surface area contributed by atoms with Gasteiger partial charge in [0.25, 0.3) is 0 Å². The molecule has 0 aromatic rings. The van der Waals surface area contributed by atoms with Crippen molar-refractivity contribution in [3.8, 4) is 0 Å². The van der Waals surface area contributed by atoms with E-state index in [0.717, 1.165) is 0 Å². The average Bonchev–Trinajstić information content (AvgIpc) is 2.44. The zero-order valence-electron chi connectivity index (χ0n) is 9.11. The monoisotopic (exact) mass is 310 g/mol. The molecule has 0 nitrogen and oxygen atoms in total. The molecule has 0 fully saturated rings. The van der Waals surface area contributed by atoms with Gasteiger partial charge in [0.2, 0.25) is 0 Å². The van der Waals surface area contributed by atoms with Gasteiger partial charge in [0, 0.05) is 0 Å². The second-order valence-electron chi connectivity index (χ2n) is 3.59. The van der Waals surface area contributed by atoms with Gasteiger partial charge in [-0.15, -0.1) is 0 Å². The molecule has 0 amide bonds. The number of hydrogen-bond acceptors (Lipinski definition) is 0. The molecule has 0 aliphatic heterocycles. The van der Waals surface area contributed by atoms with E-state index in [-0.39, 0.29) is 0 Å². The van der Waals surface area contributed by atoms with Gasteiger partial charge in [-0.1, -0.05) is 43.6 Å². The topological polar surface area (TPSA) is 0 Å². The molecule has 0 spiro atoms. The Morgan fingerprint density at radius 1 is 1.43 bits per heavy atom. The van der Waals surface area contributed by atoms with Crippen molar-refractivity contribution in [2.45, 2.75) is 40.0 Å². The summed E-state index contributed by atoms with van der Waals surface area (Å²) in [7, 11) is 9.87. The van der Waals surface area contributed by atoms with Crippen molar-refractivity contribution in [2.75, 3.05) is 0 Å². The Hall–Kier alpha value is 0.943. The normalized spacial score (nSPS) is 19.4. The van der Waals surface area contributed by atoms with E-state index >= 15 is 0 Å². The molecule has 0 saturated carbocycles. The van der Waals surface area contributed by atoms with Crippen LogP contribution in [0.15, 0.2) is 23.3 Å². The van der Waals surface area contributed by atoms with Gasteiger partial charge in [0.15, 0.2) is 0 Å². The fourth-order valence-electron chi connectivity index (χ4n) is 1.46. The van der Waals surface area contributed by atoms with Gasteiger partial charge in [-0.05, 0) is 25.7 Å². The van der Waals surface area contributed by atoms with Crippen LogP contribution in [0.2, 0.25) is 0 Å². The number of rotatable bonds is 3. The first-order valence-electron chi connectivity index (χ1n) is 5.00. The van der Waals surface area contributed by atoms with Crippen LogP contribution in [0.1, 0.15) is 40.0 Å². The van der Waals surface area contributed by atoms with Crippen LogP contribution in [-0.2, 0) is 20.8 Å². The summed E-state index contributed by atoms with van der Waals surface area (Å²) >= 11 is -0.826. The molecule has 0 aromatic carbocycles. The van der Waals surface area contributed by atoms with Crippen LogP contribution in [0.4, 0.5) is 0 Å². The van der Waals surface area contributed by atoms with Gasteiger partial charge in [0.05, 0.1) is 0 Å². The Morgan fingerprint density at radius 3 is 2.36 bits per heavy atom. The van der Waals surface area contributed by atoms with Gasteiger partial charge < -0.3 is 0 Å². The van der Waals surface area contributed by atoms with Gasteiger partial charge >= 0.3 is 37.9 Å². The summed E-state index contributed by atoms with van der Waals surface area (Å²) in [6.45, 7) is 6.74. The van der Waals surface area contributed by atoms with Crippen LogP contribution in [0.25, 0.3) is 0 Å². The van der Waals surface area contributed by atoms with Crippen LogP contribution < -0.4 is 0 Å². The Bertz CT molecular complexity index is 209. The number of unbranched alkanes of at least 4 members (excludes halogenated alkanes) is 1. The molecule has 1 aliphatic carbocycles. The number of allylic oxidation sites excluding steroid dienone is 4. The van der Waals surface area contributed by atoms with Crippen molar-refractivity contribution in [1.29, 1.82) is 0 Å². The first-order chi connectivity index (χ1) is 6.65. The van der Waals surface area contributed by atoms with E-state index < -0.39 is 20.8 Å². The first-order valence-corrected chi connectivity index (χ1v) is 11.3. The molecule has 14 heavy (non-hydrogen) atoms. The second kappa shape index (κ2) is 9.19. The van der Waals surface area contributed by atoms with E-state index in [1.165, 1.54) is 24.8 Å². The van der Waals surface area contributed by atoms with E-state index in [1.54, 1.807) is 5.57 Å².